The van der Waals surface area contributed by atoms with Crippen LogP contribution in [0.3, 0.4) is 0 Å². The number of hydrogen-bond donors (Lipinski definition) is 3. The first-order valence-electron chi connectivity index (χ1n) is 7.53. The molecule has 5 nitrogen and oxygen atoms in total. The second-order valence-corrected chi connectivity index (χ2v) is 5.36. The second-order valence-electron chi connectivity index (χ2n) is 5.36. The van der Waals surface area contributed by atoms with Gasteiger partial charge < -0.3 is 15.4 Å². The van der Waals surface area contributed by atoms with Crippen LogP contribution in [0.25, 0.3) is 33.1 Å². The van der Waals surface area contributed by atoms with Crippen molar-refractivity contribution in [2.75, 3.05) is 18.5 Å². The van der Waals surface area contributed by atoms with Gasteiger partial charge in [0.15, 0.2) is 0 Å². The number of aromatic nitrogens is 3. The lowest BCUT2D eigenvalue weighted by molar-refractivity contribution is 0.311. The quantitative estimate of drug-likeness (QED) is 0.541. The van der Waals surface area contributed by atoms with Gasteiger partial charge in [0.2, 0.25) is 0 Å². The lowest BCUT2D eigenvalue weighted by atomic mass is 10.0. The molecule has 0 aliphatic carbocycles. The van der Waals surface area contributed by atoms with Crippen LogP contribution in [0.4, 0.5) is 5.82 Å². The van der Waals surface area contributed by atoms with Crippen LogP contribution in [-0.2, 0) is 0 Å². The largest absolute Gasteiger partial charge is 0.395 e. The third-order valence-corrected chi connectivity index (χ3v) is 3.85. The van der Waals surface area contributed by atoms with E-state index < -0.39 is 0 Å². The van der Waals surface area contributed by atoms with E-state index in [1.54, 1.807) is 0 Å². The molecular formula is C18H16N4O. The van der Waals surface area contributed by atoms with Gasteiger partial charge in [0.1, 0.15) is 11.5 Å². The van der Waals surface area contributed by atoms with E-state index in [2.05, 4.69) is 32.4 Å². The van der Waals surface area contributed by atoms with Crippen LogP contribution in [0, 0.1) is 0 Å². The fourth-order valence-corrected chi connectivity index (χ4v) is 2.77. The van der Waals surface area contributed by atoms with Gasteiger partial charge in [-0.25, -0.2) is 4.98 Å². The summed E-state index contributed by atoms with van der Waals surface area (Å²) in [5, 5.41) is 14.3. The lowest BCUT2D eigenvalue weighted by Gasteiger charge is -2.09. The molecule has 0 amide bonds. The molecule has 0 radical (unpaired) electrons. The number of pyridine rings is 2. The fraction of sp³-hybridized carbons (Fsp3) is 0.111. The molecule has 114 valence electrons. The van der Waals surface area contributed by atoms with Gasteiger partial charge in [0, 0.05) is 35.3 Å². The summed E-state index contributed by atoms with van der Waals surface area (Å²) in [6.07, 6.45) is 3.77. The monoisotopic (exact) mass is 304 g/mol. The van der Waals surface area contributed by atoms with E-state index in [9.17, 15) is 0 Å². The average Bonchev–Trinajstić information content (AvgIpc) is 3.07. The predicted octanol–water partition coefficient (Wildman–Crippen LogP) is 3.18. The Balaban J connectivity index is 1.89. The SMILES string of the molecule is OCCNc1cc(-c2cnc3ccccc3c2)c2cc[nH]c2n1. The molecule has 0 spiro atoms. The third-order valence-electron chi connectivity index (χ3n) is 3.85. The van der Waals surface area contributed by atoms with Crippen molar-refractivity contribution in [2.45, 2.75) is 0 Å². The molecule has 1 aromatic carbocycles. The highest BCUT2D eigenvalue weighted by Crippen LogP contribution is 2.30. The first-order chi connectivity index (χ1) is 11.3. The smallest absolute Gasteiger partial charge is 0.140 e. The minimum Gasteiger partial charge on any atom is -0.395 e. The molecule has 0 fully saturated rings. The Bertz CT molecular complexity index is 977. The summed E-state index contributed by atoms with van der Waals surface area (Å²) in [6.45, 7) is 0.534. The van der Waals surface area contributed by atoms with Crippen LogP contribution in [0.5, 0.6) is 0 Å². The third kappa shape index (κ3) is 2.51. The van der Waals surface area contributed by atoms with E-state index >= 15 is 0 Å². The molecule has 0 saturated carbocycles. The first kappa shape index (κ1) is 13.7. The van der Waals surface area contributed by atoms with Gasteiger partial charge in [-0.3, -0.25) is 4.98 Å². The number of rotatable bonds is 4. The Hall–Kier alpha value is -2.92. The van der Waals surface area contributed by atoms with Crippen LogP contribution in [-0.4, -0.2) is 33.2 Å². The summed E-state index contributed by atoms with van der Waals surface area (Å²) in [7, 11) is 0. The van der Waals surface area contributed by atoms with Crippen molar-refractivity contribution in [3.05, 3.63) is 54.9 Å². The van der Waals surface area contributed by atoms with Crippen molar-refractivity contribution in [1.29, 1.82) is 0 Å². The van der Waals surface area contributed by atoms with Crippen LogP contribution < -0.4 is 5.32 Å². The highest BCUT2D eigenvalue weighted by molar-refractivity contribution is 5.96. The molecule has 0 atom stereocenters. The normalized spacial score (nSPS) is 11.2. The van der Waals surface area contributed by atoms with E-state index in [1.807, 2.05) is 42.7 Å². The zero-order valence-corrected chi connectivity index (χ0v) is 12.5. The number of aliphatic hydroxyl groups excluding tert-OH is 1. The summed E-state index contributed by atoms with van der Waals surface area (Å²) in [4.78, 5) is 12.2. The number of hydrogen-bond acceptors (Lipinski definition) is 4. The number of aromatic amines is 1. The van der Waals surface area contributed by atoms with Crippen molar-refractivity contribution >= 4 is 27.8 Å². The zero-order valence-electron chi connectivity index (χ0n) is 12.5. The Kier molecular flexibility index (Phi) is 3.40. The van der Waals surface area contributed by atoms with Crippen LogP contribution in [0.2, 0.25) is 0 Å². The number of nitrogens with one attached hydrogen (secondary N) is 2. The summed E-state index contributed by atoms with van der Waals surface area (Å²) in [5.74, 6) is 0.733. The Labute approximate surface area is 133 Å². The number of fused-ring (bicyclic) bond motifs is 2. The molecule has 0 aliphatic heterocycles. The van der Waals surface area contributed by atoms with Crippen LogP contribution in [0.1, 0.15) is 0 Å². The van der Waals surface area contributed by atoms with Crippen molar-refractivity contribution in [2.24, 2.45) is 0 Å². The maximum atomic E-state index is 9.00. The Morgan fingerprint density at radius 2 is 2.04 bits per heavy atom. The van der Waals surface area contributed by atoms with Gasteiger partial charge in [-0.1, -0.05) is 18.2 Å². The van der Waals surface area contributed by atoms with Gasteiger partial charge in [0.05, 0.1) is 12.1 Å². The highest BCUT2D eigenvalue weighted by Gasteiger charge is 2.10. The second kappa shape index (κ2) is 5.70. The number of aliphatic hydroxyl groups is 1. The topological polar surface area (TPSA) is 73.8 Å². The van der Waals surface area contributed by atoms with Gasteiger partial charge in [-0.2, -0.15) is 0 Å². The maximum Gasteiger partial charge on any atom is 0.140 e. The molecule has 3 heterocycles. The summed E-state index contributed by atoms with van der Waals surface area (Å²) in [5.41, 5.74) is 3.91. The molecule has 0 aliphatic rings. The predicted molar refractivity (Wildman–Crippen MR) is 92.4 cm³/mol. The first-order valence-corrected chi connectivity index (χ1v) is 7.53. The minimum atomic E-state index is 0.0668. The van der Waals surface area contributed by atoms with Crippen molar-refractivity contribution < 1.29 is 5.11 Å². The average molecular weight is 304 g/mol. The van der Waals surface area contributed by atoms with Crippen molar-refractivity contribution in [3.63, 3.8) is 0 Å². The molecule has 23 heavy (non-hydrogen) atoms. The molecule has 3 N–H and O–H groups in total. The zero-order chi connectivity index (χ0) is 15.6. The van der Waals surface area contributed by atoms with E-state index in [-0.39, 0.29) is 6.61 Å². The van der Waals surface area contributed by atoms with Gasteiger partial charge in [0.25, 0.3) is 0 Å². The van der Waals surface area contributed by atoms with Gasteiger partial charge >= 0.3 is 0 Å². The lowest BCUT2D eigenvalue weighted by Crippen LogP contribution is -2.07. The fourth-order valence-electron chi connectivity index (χ4n) is 2.77. The molecule has 4 aromatic rings. The minimum absolute atomic E-state index is 0.0668. The molecule has 3 aromatic heterocycles. The number of anilines is 1. The molecular weight excluding hydrogens is 288 g/mol. The number of para-hydroxylation sites is 1. The molecule has 4 rings (SSSR count). The number of benzene rings is 1. The molecule has 0 unspecified atom stereocenters. The Morgan fingerprint density at radius 3 is 2.96 bits per heavy atom. The maximum absolute atomic E-state index is 9.00. The van der Waals surface area contributed by atoms with Crippen molar-refractivity contribution in [1.82, 2.24) is 15.0 Å². The number of nitrogens with zero attached hydrogens (tertiary/aromatic N) is 2. The standard InChI is InChI=1S/C18H16N4O/c23-8-7-19-17-10-15(14-5-6-20-18(14)22-17)13-9-12-3-1-2-4-16(12)21-11-13/h1-6,9-11,23H,7-8H2,(H2,19,20,22). The highest BCUT2D eigenvalue weighted by atomic mass is 16.3. The van der Waals surface area contributed by atoms with E-state index in [1.165, 1.54) is 0 Å². The van der Waals surface area contributed by atoms with Crippen molar-refractivity contribution in [3.8, 4) is 11.1 Å². The summed E-state index contributed by atoms with van der Waals surface area (Å²) < 4.78 is 0. The van der Waals surface area contributed by atoms with Crippen LogP contribution >= 0.6 is 0 Å². The summed E-state index contributed by atoms with van der Waals surface area (Å²) >= 11 is 0. The molecule has 0 saturated heterocycles. The van der Waals surface area contributed by atoms with Crippen LogP contribution in [0.15, 0.2) is 54.9 Å². The molecule has 5 heteroatoms. The molecule has 0 bridgehead atoms. The van der Waals surface area contributed by atoms with E-state index in [0.717, 1.165) is 38.9 Å². The summed E-state index contributed by atoms with van der Waals surface area (Å²) in [6, 6.07) is 14.2. The van der Waals surface area contributed by atoms with E-state index in [0.29, 0.717) is 6.54 Å². The van der Waals surface area contributed by atoms with E-state index in [4.69, 9.17) is 5.11 Å². The number of H-pyrrole nitrogens is 1. The van der Waals surface area contributed by atoms with Gasteiger partial charge in [-0.15, -0.1) is 0 Å². The van der Waals surface area contributed by atoms with Gasteiger partial charge in [-0.05, 0) is 29.8 Å². The Morgan fingerprint density at radius 1 is 1.13 bits per heavy atom.